The molecule has 1 N–H and O–H groups in total. The van der Waals surface area contributed by atoms with Crippen molar-refractivity contribution in [3.63, 3.8) is 0 Å². The molecule has 4 nitrogen and oxygen atoms in total. The summed E-state index contributed by atoms with van der Waals surface area (Å²) in [5.41, 5.74) is 0.468. The number of para-hydroxylation sites is 2. The lowest BCUT2D eigenvalue weighted by Gasteiger charge is -2.15. The van der Waals surface area contributed by atoms with Gasteiger partial charge in [-0.25, -0.2) is 8.42 Å². The topological polar surface area (TPSA) is 55.4 Å². The van der Waals surface area contributed by atoms with Gasteiger partial charge in [-0.1, -0.05) is 32.9 Å². The Kier molecular flexibility index (Phi) is 6.62. The standard InChI is InChI=1S/C14H22ClNO3S/c1-11(2)9-19-14-7-5-4-6-13(14)16-20(17,18)10-12(3)8-15/h4-7,11-12,16H,8-10H2,1-3H3. The Bertz CT molecular complexity index is 517. The molecule has 20 heavy (non-hydrogen) atoms. The van der Waals surface area contributed by atoms with Gasteiger partial charge in [-0.15, -0.1) is 11.6 Å². The molecule has 0 fully saturated rings. The maximum atomic E-state index is 12.0. The average molecular weight is 320 g/mol. The third kappa shape index (κ3) is 6.01. The van der Waals surface area contributed by atoms with Gasteiger partial charge in [-0.3, -0.25) is 4.72 Å². The van der Waals surface area contributed by atoms with Crippen molar-refractivity contribution in [1.29, 1.82) is 0 Å². The van der Waals surface area contributed by atoms with Gasteiger partial charge in [0, 0.05) is 5.88 Å². The fourth-order valence-corrected chi connectivity index (χ4v) is 3.25. The molecule has 0 heterocycles. The summed E-state index contributed by atoms with van der Waals surface area (Å²) in [5, 5.41) is 0. The van der Waals surface area contributed by atoms with Crippen molar-refractivity contribution in [2.75, 3.05) is 23.0 Å². The first-order valence-corrected chi connectivity index (χ1v) is 8.81. The summed E-state index contributed by atoms with van der Waals surface area (Å²) >= 11 is 5.66. The molecule has 114 valence electrons. The largest absolute Gasteiger partial charge is 0.491 e. The summed E-state index contributed by atoms with van der Waals surface area (Å²) in [6.07, 6.45) is 0. The summed E-state index contributed by atoms with van der Waals surface area (Å²) in [6, 6.07) is 7.03. The van der Waals surface area contributed by atoms with Crippen LogP contribution in [0.15, 0.2) is 24.3 Å². The van der Waals surface area contributed by atoms with Crippen LogP contribution in [0.4, 0.5) is 5.69 Å². The summed E-state index contributed by atoms with van der Waals surface area (Å²) in [5.74, 6) is 1.12. The summed E-state index contributed by atoms with van der Waals surface area (Å²) < 4.78 is 32.3. The summed E-state index contributed by atoms with van der Waals surface area (Å²) in [7, 11) is -3.42. The van der Waals surface area contributed by atoms with Crippen LogP contribution in [0.25, 0.3) is 0 Å². The zero-order chi connectivity index (χ0) is 15.2. The highest BCUT2D eigenvalue weighted by atomic mass is 35.5. The molecule has 0 saturated heterocycles. The first-order valence-electron chi connectivity index (χ1n) is 6.62. The van der Waals surface area contributed by atoms with Crippen molar-refractivity contribution in [3.05, 3.63) is 24.3 Å². The number of hydrogen-bond donors (Lipinski definition) is 1. The molecule has 0 aliphatic carbocycles. The van der Waals surface area contributed by atoms with Gasteiger partial charge in [0.2, 0.25) is 10.0 Å². The predicted octanol–water partition coefficient (Wildman–Crippen LogP) is 3.34. The SMILES string of the molecule is CC(C)COc1ccccc1NS(=O)(=O)CC(C)CCl. The van der Waals surface area contributed by atoms with E-state index >= 15 is 0 Å². The molecular weight excluding hydrogens is 298 g/mol. The van der Waals surface area contributed by atoms with Crippen LogP contribution < -0.4 is 9.46 Å². The maximum Gasteiger partial charge on any atom is 0.233 e. The molecule has 1 atom stereocenters. The lowest BCUT2D eigenvalue weighted by atomic mass is 10.2. The molecule has 1 unspecified atom stereocenters. The third-order valence-corrected chi connectivity index (χ3v) is 4.56. The first kappa shape index (κ1) is 17.1. The Hall–Kier alpha value is -0.940. The van der Waals surface area contributed by atoms with Crippen molar-refractivity contribution in [2.45, 2.75) is 20.8 Å². The minimum atomic E-state index is -3.42. The molecule has 0 aliphatic rings. The predicted molar refractivity (Wildman–Crippen MR) is 84.1 cm³/mol. The fourth-order valence-electron chi connectivity index (χ4n) is 1.56. The molecule has 1 aromatic rings. The Morgan fingerprint density at radius 2 is 1.90 bits per heavy atom. The maximum absolute atomic E-state index is 12.0. The lowest BCUT2D eigenvalue weighted by Crippen LogP contribution is -2.22. The zero-order valence-corrected chi connectivity index (χ0v) is 13.7. The highest BCUT2D eigenvalue weighted by Gasteiger charge is 2.17. The first-order chi connectivity index (χ1) is 9.34. The van der Waals surface area contributed by atoms with Gasteiger partial charge in [-0.05, 0) is 24.0 Å². The van der Waals surface area contributed by atoms with Crippen LogP contribution >= 0.6 is 11.6 Å². The second-order valence-electron chi connectivity index (χ2n) is 5.34. The Labute approximate surface area is 126 Å². The molecule has 0 radical (unpaired) electrons. The van der Waals surface area contributed by atoms with Crippen LogP contribution in [0.5, 0.6) is 5.75 Å². The second kappa shape index (κ2) is 7.74. The molecule has 0 bridgehead atoms. The molecule has 0 aromatic heterocycles. The van der Waals surface area contributed by atoms with Crippen molar-refractivity contribution in [2.24, 2.45) is 11.8 Å². The number of benzene rings is 1. The number of sulfonamides is 1. The molecule has 0 aliphatic heterocycles. The number of ether oxygens (including phenoxy) is 1. The average Bonchev–Trinajstić information content (AvgIpc) is 2.36. The van der Waals surface area contributed by atoms with Gasteiger partial charge in [0.15, 0.2) is 0 Å². The third-order valence-electron chi connectivity index (χ3n) is 2.49. The van der Waals surface area contributed by atoms with E-state index < -0.39 is 10.0 Å². The highest BCUT2D eigenvalue weighted by Crippen LogP contribution is 2.25. The smallest absolute Gasteiger partial charge is 0.233 e. The minimum Gasteiger partial charge on any atom is -0.491 e. The fraction of sp³-hybridized carbons (Fsp3) is 0.571. The quantitative estimate of drug-likeness (QED) is 0.748. The summed E-state index contributed by atoms with van der Waals surface area (Å²) in [6.45, 7) is 6.41. The highest BCUT2D eigenvalue weighted by molar-refractivity contribution is 7.92. The van der Waals surface area contributed by atoms with Crippen molar-refractivity contribution in [1.82, 2.24) is 0 Å². The number of nitrogens with one attached hydrogen (secondary N) is 1. The molecule has 1 rings (SSSR count). The molecule has 0 amide bonds. The van der Waals surface area contributed by atoms with E-state index in [-0.39, 0.29) is 11.7 Å². The van der Waals surface area contributed by atoms with Gasteiger partial charge >= 0.3 is 0 Å². The van der Waals surface area contributed by atoms with Crippen LogP contribution in [0.1, 0.15) is 20.8 Å². The Morgan fingerprint density at radius 3 is 2.50 bits per heavy atom. The van der Waals surface area contributed by atoms with Crippen molar-refractivity contribution >= 4 is 27.3 Å². The van der Waals surface area contributed by atoms with Crippen LogP contribution in [-0.4, -0.2) is 26.7 Å². The van der Waals surface area contributed by atoms with E-state index in [2.05, 4.69) is 4.72 Å². The van der Waals surface area contributed by atoms with E-state index in [9.17, 15) is 8.42 Å². The molecular formula is C14H22ClNO3S. The van der Waals surface area contributed by atoms with E-state index in [1.54, 1.807) is 25.1 Å². The normalized spacial score (nSPS) is 13.2. The molecule has 1 aromatic carbocycles. The van der Waals surface area contributed by atoms with Gasteiger partial charge in [0.1, 0.15) is 5.75 Å². The van der Waals surface area contributed by atoms with Gasteiger partial charge < -0.3 is 4.74 Å². The minimum absolute atomic E-state index is 0.00495. The van der Waals surface area contributed by atoms with Crippen LogP contribution in [-0.2, 0) is 10.0 Å². The number of hydrogen-bond acceptors (Lipinski definition) is 3. The van der Waals surface area contributed by atoms with E-state index in [0.717, 1.165) is 0 Å². The number of alkyl halides is 1. The van der Waals surface area contributed by atoms with E-state index in [1.165, 1.54) is 0 Å². The molecule has 0 saturated carbocycles. The zero-order valence-electron chi connectivity index (χ0n) is 12.1. The van der Waals surface area contributed by atoms with Crippen molar-refractivity contribution in [3.8, 4) is 5.75 Å². The van der Waals surface area contributed by atoms with Gasteiger partial charge in [-0.2, -0.15) is 0 Å². The Morgan fingerprint density at radius 1 is 1.25 bits per heavy atom. The van der Waals surface area contributed by atoms with E-state index in [0.29, 0.717) is 29.8 Å². The molecule has 0 spiro atoms. The van der Waals surface area contributed by atoms with E-state index in [1.807, 2.05) is 19.9 Å². The second-order valence-corrected chi connectivity index (χ2v) is 7.42. The van der Waals surface area contributed by atoms with Gasteiger partial charge in [0.25, 0.3) is 0 Å². The van der Waals surface area contributed by atoms with Crippen LogP contribution in [0.3, 0.4) is 0 Å². The number of anilines is 1. The van der Waals surface area contributed by atoms with Crippen LogP contribution in [0, 0.1) is 11.8 Å². The number of rotatable bonds is 8. The summed E-state index contributed by atoms with van der Waals surface area (Å²) in [4.78, 5) is 0. The number of halogens is 1. The van der Waals surface area contributed by atoms with Crippen LogP contribution in [0.2, 0.25) is 0 Å². The lowest BCUT2D eigenvalue weighted by molar-refractivity contribution is 0.272. The Balaban J connectivity index is 2.81. The molecule has 6 heteroatoms. The van der Waals surface area contributed by atoms with Crippen molar-refractivity contribution < 1.29 is 13.2 Å². The van der Waals surface area contributed by atoms with Gasteiger partial charge in [0.05, 0.1) is 18.0 Å². The monoisotopic (exact) mass is 319 g/mol. The van der Waals surface area contributed by atoms with E-state index in [4.69, 9.17) is 16.3 Å².